The van der Waals surface area contributed by atoms with Gasteiger partial charge in [0.25, 0.3) is 0 Å². The fourth-order valence-electron chi connectivity index (χ4n) is 7.15. The lowest BCUT2D eigenvalue weighted by Gasteiger charge is -2.39. The van der Waals surface area contributed by atoms with Gasteiger partial charge in [-0.05, 0) is 144 Å². The van der Waals surface area contributed by atoms with Crippen molar-refractivity contribution in [2.45, 2.75) is 123 Å². The number of hydrogen-bond acceptors (Lipinski definition) is 7. The van der Waals surface area contributed by atoms with Gasteiger partial charge in [-0.25, -0.2) is 0 Å². The maximum absolute atomic E-state index is 11.1. The molecule has 0 fully saturated rings. The molecule has 2 atom stereocenters. The molecule has 0 heterocycles. The number of aromatic hydroxyl groups is 2. The highest BCUT2D eigenvalue weighted by Gasteiger charge is 2.39. The number of nitrogens with zero attached hydrogens (tertiary/aromatic N) is 1. The number of anilines is 1. The smallest absolute Gasteiger partial charge is 0.211 e. The number of hydrogen-bond donors (Lipinski definition) is 4. The van der Waals surface area contributed by atoms with Crippen LogP contribution in [0.4, 0.5) is 5.69 Å². The number of unbranched alkanes of at least 4 members (excludes halogenated alkanes) is 1. The topological polar surface area (TPSA) is 103 Å². The van der Waals surface area contributed by atoms with Crippen molar-refractivity contribution in [3.8, 4) is 17.2 Å². The zero-order chi connectivity index (χ0) is 41.6. The van der Waals surface area contributed by atoms with Crippen LogP contribution in [0.25, 0.3) is 0 Å². The van der Waals surface area contributed by atoms with Crippen molar-refractivity contribution in [2.24, 2.45) is 0 Å². The van der Waals surface area contributed by atoms with Crippen LogP contribution in [-0.2, 0) is 22.1 Å². The molecule has 0 spiro atoms. The molecule has 0 aliphatic carbocycles. The van der Waals surface area contributed by atoms with Crippen molar-refractivity contribution < 1.29 is 24.2 Å². The number of ether oxygens (including phenoxy) is 1. The lowest BCUT2D eigenvalue weighted by Crippen LogP contribution is -2.43. The molecular weight excluding hydrogens is 727 g/mol. The van der Waals surface area contributed by atoms with Crippen molar-refractivity contribution >= 4 is 20.4 Å². The molecule has 1 amide bonds. The molecule has 8 nitrogen and oxygen atoms in total. The average Bonchev–Trinajstić information content (AvgIpc) is 3.16. The number of rotatable bonds is 23. The van der Waals surface area contributed by atoms with Gasteiger partial charge < -0.3 is 30.0 Å². The first kappa shape index (κ1) is 45.5. The van der Waals surface area contributed by atoms with Gasteiger partial charge in [-0.2, -0.15) is 0 Å². The number of phenolic OH excluding ortho intramolecular Hbond substituents is 2. The fourth-order valence-corrected chi connectivity index (χ4v) is 8.43. The van der Waals surface area contributed by atoms with Gasteiger partial charge in [0, 0.05) is 30.1 Å². The first-order valence-corrected chi connectivity index (χ1v) is 23.8. The summed E-state index contributed by atoms with van der Waals surface area (Å²) >= 11 is 0. The van der Waals surface area contributed by atoms with Crippen LogP contribution in [0.2, 0.25) is 18.1 Å². The number of carbonyl (C=O) groups excluding carboxylic acids is 1. The highest BCUT2D eigenvalue weighted by molar-refractivity contribution is 6.74. The van der Waals surface area contributed by atoms with Crippen molar-refractivity contribution in [2.75, 3.05) is 31.6 Å². The fraction of sp³-hybridized carbons (Fsp3) is 0.479. The standard InChI is InChI=1S/C48H69N3O5Si/c1-35(2)51(36(3)4)29-27-42(39-16-11-10-12-17-39)43-31-38(20-24-45(43)53)15-13-14-30-55-41-22-18-37(19-23-41)26-28-49-33-47(56-57(8,9)48(5,6)7)40-21-25-46(54)44(32-40)50-34-52/h10-12,16-25,31-32,34-36,42,47,49,53-54H,13-15,26-30,33H2,1-9H3,(H,50,52)/t42-,47+/m1/s1. The molecular formula is C48H69N3O5Si. The Labute approximate surface area is 344 Å². The molecule has 4 N–H and O–H groups in total. The van der Waals surface area contributed by atoms with E-state index in [0.29, 0.717) is 43.1 Å². The molecule has 0 aliphatic heterocycles. The minimum absolute atomic E-state index is 0.0270. The summed E-state index contributed by atoms with van der Waals surface area (Å²) in [4.78, 5) is 13.6. The lowest BCUT2D eigenvalue weighted by molar-refractivity contribution is -0.105. The molecule has 0 aliphatic rings. The summed E-state index contributed by atoms with van der Waals surface area (Å²) in [7, 11) is -2.11. The van der Waals surface area contributed by atoms with E-state index in [1.165, 1.54) is 16.7 Å². The van der Waals surface area contributed by atoms with Crippen LogP contribution in [0.3, 0.4) is 0 Å². The first-order valence-electron chi connectivity index (χ1n) is 20.9. The predicted molar refractivity (Wildman–Crippen MR) is 238 cm³/mol. The first-order chi connectivity index (χ1) is 27.1. The lowest BCUT2D eigenvalue weighted by atomic mass is 9.86. The molecule has 310 valence electrons. The molecule has 0 bridgehead atoms. The molecule has 0 radical (unpaired) electrons. The summed E-state index contributed by atoms with van der Waals surface area (Å²) in [6.45, 7) is 23.1. The molecule has 57 heavy (non-hydrogen) atoms. The van der Waals surface area contributed by atoms with Gasteiger partial charge in [0.2, 0.25) is 6.41 Å². The van der Waals surface area contributed by atoms with E-state index in [0.717, 1.165) is 62.1 Å². The van der Waals surface area contributed by atoms with E-state index >= 15 is 0 Å². The van der Waals surface area contributed by atoms with Gasteiger partial charge in [-0.1, -0.05) is 81.4 Å². The monoisotopic (exact) mass is 796 g/mol. The van der Waals surface area contributed by atoms with E-state index in [1.54, 1.807) is 12.1 Å². The van der Waals surface area contributed by atoms with Crippen LogP contribution in [0, 0.1) is 0 Å². The maximum Gasteiger partial charge on any atom is 0.211 e. The molecule has 0 saturated heterocycles. The third kappa shape index (κ3) is 13.7. The highest BCUT2D eigenvalue weighted by Crippen LogP contribution is 2.40. The zero-order valence-corrected chi connectivity index (χ0v) is 37.0. The Morgan fingerprint density at radius 3 is 2.11 bits per heavy atom. The predicted octanol–water partition coefficient (Wildman–Crippen LogP) is 10.6. The Morgan fingerprint density at radius 2 is 1.46 bits per heavy atom. The van der Waals surface area contributed by atoms with Crippen LogP contribution in [-0.4, -0.2) is 68.2 Å². The largest absolute Gasteiger partial charge is 0.508 e. The number of amides is 1. The molecule has 9 heteroatoms. The number of phenols is 2. The van der Waals surface area contributed by atoms with E-state index in [2.05, 4.69) is 132 Å². The quantitative estimate of drug-likeness (QED) is 0.0257. The highest BCUT2D eigenvalue weighted by atomic mass is 28.4. The van der Waals surface area contributed by atoms with Crippen LogP contribution in [0.5, 0.6) is 17.2 Å². The van der Waals surface area contributed by atoms with Gasteiger partial charge in [-0.15, -0.1) is 0 Å². The summed E-state index contributed by atoms with van der Waals surface area (Å²) < 4.78 is 13.0. The number of carbonyl (C=O) groups is 1. The van der Waals surface area contributed by atoms with E-state index in [9.17, 15) is 15.0 Å². The van der Waals surface area contributed by atoms with Crippen molar-refractivity contribution in [1.29, 1.82) is 0 Å². The van der Waals surface area contributed by atoms with E-state index in [4.69, 9.17) is 9.16 Å². The third-order valence-corrected chi connectivity index (χ3v) is 16.0. The second-order valence-electron chi connectivity index (χ2n) is 17.4. The maximum atomic E-state index is 11.1. The van der Waals surface area contributed by atoms with Gasteiger partial charge in [-0.3, -0.25) is 9.69 Å². The summed E-state index contributed by atoms with van der Waals surface area (Å²) in [5, 5.41) is 27.5. The van der Waals surface area contributed by atoms with E-state index in [-0.39, 0.29) is 22.8 Å². The third-order valence-electron chi connectivity index (χ3n) is 11.5. The van der Waals surface area contributed by atoms with Gasteiger partial charge in [0.1, 0.15) is 17.2 Å². The second kappa shape index (κ2) is 21.6. The van der Waals surface area contributed by atoms with Gasteiger partial charge in [0.15, 0.2) is 8.32 Å². The molecule has 4 rings (SSSR count). The Hall–Kier alpha value is -4.15. The summed E-state index contributed by atoms with van der Waals surface area (Å²) in [6, 6.07) is 31.3. The Morgan fingerprint density at radius 1 is 0.789 bits per heavy atom. The van der Waals surface area contributed by atoms with Gasteiger partial charge >= 0.3 is 0 Å². The molecule has 0 saturated carbocycles. The number of benzene rings is 4. The second-order valence-corrected chi connectivity index (χ2v) is 22.1. The zero-order valence-electron chi connectivity index (χ0n) is 36.0. The van der Waals surface area contributed by atoms with Crippen molar-refractivity contribution in [3.05, 3.63) is 119 Å². The summed E-state index contributed by atoms with van der Waals surface area (Å²) in [5.74, 6) is 1.39. The molecule has 0 unspecified atom stereocenters. The van der Waals surface area contributed by atoms with Crippen molar-refractivity contribution in [1.82, 2.24) is 10.2 Å². The van der Waals surface area contributed by atoms with Crippen molar-refractivity contribution in [3.63, 3.8) is 0 Å². The van der Waals surface area contributed by atoms with E-state index in [1.807, 2.05) is 24.3 Å². The van der Waals surface area contributed by atoms with Crippen LogP contribution >= 0.6 is 0 Å². The van der Waals surface area contributed by atoms with Crippen LogP contribution in [0.1, 0.15) is 108 Å². The molecule has 4 aromatic carbocycles. The van der Waals surface area contributed by atoms with E-state index < -0.39 is 8.32 Å². The Balaban J connectivity index is 1.26. The summed E-state index contributed by atoms with van der Waals surface area (Å²) in [6.07, 6.45) is 5.01. The number of nitrogens with one attached hydrogen (secondary N) is 2. The van der Waals surface area contributed by atoms with Gasteiger partial charge in [0.05, 0.1) is 18.4 Å². The Bertz CT molecular complexity index is 1800. The average molecular weight is 796 g/mol. The van der Waals surface area contributed by atoms with Crippen LogP contribution < -0.4 is 15.4 Å². The molecule has 4 aromatic rings. The molecule has 0 aromatic heterocycles. The number of aryl methyl sites for hydroxylation is 1. The SMILES string of the molecule is CC(C)N(CC[C@H](c1ccccc1)c1cc(CCCCOc2ccc(CCNC[C@H](O[Si](C)(C)C(C)(C)C)c3ccc(O)c(NC=O)c3)cc2)ccc1O)C(C)C. The van der Waals surface area contributed by atoms with Crippen LogP contribution in [0.15, 0.2) is 91.0 Å². The normalized spacial score (nSPS) is 13.3. The summed E-state index contributed by atoms with van der Waals surface area (Å²) in [5.41, 5.74) is 5.99. The Kier molecular flexibility index (Phi) is 17.2. The minimum atomic E-state index is -2.11. The minimum Gasteiger partial charge on any atom is -0.508 e.